The first-order valence-electron chi connectivity index (χ1n) is 36.4. The monoisotopic (exact) mass is 1160 g/mol. The Bertz CT molecular complexity index is 1520. The molecule has 0 aromatic rings. The Hall–Kier alpha value is -3.15. The third kappa shape index (κ3) is 69.5. The zero-order chi connectivity index (χ0) is 59.9. The van der Waals surface area contributed by atoms with Crippen molar-refractivity contribution in [2.45, 2.75) is 386 Å². The van der Waals surface area contributed by atoms with Crippen LogP contribution in [0.25, 0.3) is 0 Å². The second-order valence-corrected chi connectivity index (χ2v) is 24.5. The molecule has 0 saturated carbocycles. The molecule has 0 aliphatic rings. The summed E-state index contributed by atoms with van der Waals surface area (Å²) in [6, 6.07) is 0. The average molecular weight is 1160 g/mol. The van der Waals surface area contributed by atoms with Gasteiger partial charge in [0.1, 0.15) is 13.2 Å². The van der Waals surface area contributed by atoms with Crippen molar-refractivity contribution in [3.8, 4) is 0 Å². The van der Waals surface area contributed by atoms with Crippen LogP contribution >= 0.6 is 0 Å². The maximum Gasteiger partial charge on any atom is 0.306 e. The molecule has 6 nitrogen and oxygen atoms in total. The Morgan fingerprint density at radius 3 is 0.735 bits per heavy atom. The first kappa shape index (κ1) is 79.8. The van der Waals surface area contributed by atoms with E-state index in [0.29, 0.717) is 19.3 Å². The van der Waals surface area contributed by atoms with Gasteiger partial charge >= 0.3 is 17.9 Å². The Morgan fingerprint density at radius 2 is 0.470 bits per heavy atom. The summed E-state index contributed by atoms with van der Waals surface area (Å²) in [6.07, 6.45) is 93.6. The summed E-state index contributed by atoms with van der Waals surface area (Å²) in [5.74, 6) is -0.866. The van der Waals surface area contributed by atoms with Crippen LogP contribution in [0.4, 0.5) is 0 Å². The van der Waals surface area contributed by atoms with Gasteiger partial charge in [0.25, 0.3) is 0 Å². The van der Waals surface area contributed by atoms with Crippen molar-refractivity contribution in [3.05, 3.63) is 72.9 Å². The molecule has 482 valence electrons. The minimum Gasteiger partial charge on any atom is -0.462 e. The number of carbonyl (C=O) groups excluding carboxylic acids is 3. The second kappa shape index (κ2) is 71.3. The molecule has 0 aliphatic carbocycles. The van der Waals surface area contributed by atoms with E-state index in [2.05, 4.69) is 93.7 Å². The fourth-order valence-electron chi connectivity index (χ4n) is 10.8. The highest BCUT2D eigenvalue weighted by Crippen LogP contribution is 2.18. The van der Waals surface area contributed by atoms with E-state index in [9.17, 15) is 14.4 Å². The van der Waals surface area contributed by atoms with Crippen molar-refractivity contribution in [3.63, 3.8) is 0 Å². The topological polar surface area (TPSA) is 78.9 Å². The van der Waals surface area contributed by atoms with Crippen LogP contribution in [-0.2, 0) is 28.6 Å². The number of ether oxygens (including phenoxy) is 3. The molecule has 0 aliphatic heterocycles. The summed E-state index contributed by atoms with van der Waals surface area (Å²) in [5, 5.41) is 0. The number of allylic oxidation sites excluding steroid dienone is 12. The van der Waals surface area contributed by atoms with Gasteiger partial charge in [0, 0.05) is 19.3 Å². The fourth-order valence-corrected chi connectivity index (χ4v) is 10.8. The highest BCUT2D eigenvalue weighted by Gasteiger charge is 2.19. The highest BCUT2D eigenvalue weighted by molar-refractivity contribution is 5.71. The molecule has 0 saturated heterocycles. The maximum absolute atomic E-state index is 13.0. The summed E-state index contributed by atoms with van der Waals surface area (Å²) in [6.45, 7) is 6.57. The molecule has 6 heteroatoms. The minimum atomic E-state index is -0.782. The van der Waals surface area contributed by atoms with Gasteiger partial charge in [-0.3, -0.25) is 14.4 Å². The summed E-state index contributed by atoms with van der Waals surface area (Å²) in [7, 11) is 0. The zero-order valence-electron chi connectivity index (χ0n) is 55.5. The van der Waals surface area contributed by atoms with Crippen molar-refractivity contribution in [2.75, 3.05) is 13.2 Å². The molecule has 0 aromatic heterocycles. The third-order valence-electron chi connectivity index (χ3n) is 16.2. The van der Waals surface area contributed by atoms with Crippen molar-refractivity contribution in [1.82, 2.24) is 0 Å². The molecule has 0 spiro atoms. The zero-order valence-corrected chi connectivity index (χ0v) is 55.5. The number of carbonyl (C=O) groups is 3. The lowest BCUT2D eigenvalue weighted by Crippen LogP contribution is -2.30. The lowest BCUT2D eigenvalue weighted by Gasteiger charge is -2.18. The van der Waals surface area contributed by atoms with Gasteiger partial charge in [0.05, 0.1) is 0 Å². The number of rotatable bonds is 67. The molecule has 0 amide bonds. The maximum atomic E-state index is 13.0. The second-order valence-electron chi connectivity index (χ2n) is 24.5. The molecule has 0 radical (unpaired) electrons. The Morgan fingerprint density at radius 1 is 0.253 bits per heavy atom. The van der Waals surface area contributed by atoms with E-state index in [1.165, 1.54) is 244 Å². The molecule has 0 fully saturated rings. The molecule has 0 N–H and O–H groups in total. The third-order valence-corrected chi connectivity index (χ3v) is 16.2. The standard InChI is InChI=1S/C77H138O6/c1-4-7-10-13-16-19-22-25-28-31-34-36-37-38-39-41-43-46-49-52-55-58-61-64-67-70-76(79)82-73-74(72-81-75(78)69-66-63-60-57-54-51-48-45-42-33-30-27-24-21-18-15-12-9-6-3)83-77(80)71-68-65-62-59-56-53-50-47-44-40-35-32-29-26-23-20-17-14-11-8-5-2/h9,12,18,21-22,25,27,30-31,34,42,45,74H,4-8,10-11,13-17,19-20,23-24,26,28-29,32-33,35-41,43-44,46-73H2,1-3H3/b12-9-,21-18-,25-22-,30-27-,34-31-,45-42-. The largest absolute Gasteiger partial charge is 0.462 e. The van der Waals surface area contributed by atoms with Crippen molar-refractivity contribution in [1.29, 1.82) is 0 Å². The normalized spacial score (nSPS) is 12.5. The van der Waals surface area contributed by atoms with Gasteiger partial charge in [-0.05, 0) is 89.9 Å². The van der Waals surface area contributed by atoms with Crippen LogP contribution in [0.1, 0.15) is 380 Å². The van der Waals surface area contributed by atoms with E-state index in [0.717, 1.165) is 96.3 Å². The Kier molecular flexibility index (Phi) is 68.6. The highest BCUT2D eigenvalue weighted by atomic mass is 16.6. The predicted molar refractivity (Wildman–Crippen MR) is 362 cm³/mol. The van der Waals surface area contributed by atoms with Crippen LogP contribution in [0.5, 0.6) is 0 Å². The van der Waals surface area contributed by atoms with E-state index in [4.69, 9.17) is 14.2 Å². The quantitative estimate of drug-likeness (QED) is 0.0261. The van der Waals surface area contributed by atoms with Crippen molar-refractivity contribution in [2.24, 2.45) is 0 Å². The van der Waals surface area contributed by atoms with Crippen molar-refractivity contribution < 1.29 is 28.6 Å². The lowest BCUT2D eigenvalue weighted by molar-refractivity contribution is -0.167. The first-order chi connectivity index (χ1) is 41.0. The molecular weight excluding hydrogens is 1020 g/mol. The van der Waals surface area contributed by atoms with Crippen LogP contribution in [0, 0.1) is 0 Å². The predicted octanol–water partition coefficient (Wildman–Crippen LogP) is 25.2. The van der Waals surface area contributed by atoms with Gasteiger partial charge in [0.2, 0.25) is 0 Å². The molecule has 0 heterocycles. The summed E-state index contributed by atoms with van der Waals surface area (Å²) >= 11 is 0. The minimum absolute atomic E-state index is 0.0765. The van der Waals surface area contributed by atoms with E-state index < -0.39 is 6.10 Å². The van der Waals surface area contributed by atoms with Gasteiger partial charge in [0.15, 0.2) is 6.10 Å². The van der Waals surface area contributed by atoms with Crippen LogP contribution in [-0.4, -0.2) is 37.2 Å². The van der Waals surface area contributed by atoms with E-state index in [-0.39, 0.29) is 31.1 Å². The first-order valence-corrected chi connectivity index (χ1v) is 36.4. The van der Waals surface area contributed by atoms with Gasteiger partial charge in [-0.2, -0.15) is 0 Å². The number of unbranched alkanes of at least 4 members (excludes halogenated alkanes) is 44. The molecular formula is C77H138O6. The lowest BCUT2D eigenvalue weighted by atomic mass is 10.0. The fraction of sp³-hybridized carbons (Fsp3) is 0.805. The van der Waals surface area contributed by atoms with Crippen molar-refractivity contribution >= 4 is 17.9 Å². The van der Waals surface area contributed by atoms with Crippen LogP contribution < -0.4 is 0 Å². The smallest absolute Gasteiger partial charge is 0.306 e. The number of hydrogen-bond acceptors (Lipinski definition) is 6. The Labute approximate surface area is 516 Å². The molecule has 0 aromatic carbocycles. The van der Waals surface area contributed by atoms with E-state index in [1.54, 1.807) is 0 Å². The summed E-state index contributed by atoms with van der Waals surface area (Å²) in [5.41, 5.74) is 0. The molecule has 83 heavy (non-hydrogen) atoms. The number of hydrogen-bond donors (Lipinski definition) is 0. The Balaban J connectivity index is 4.34. The summed E-state index contributed by atoms with van der Waals surface area (Å²) < 4.78 is 17.0. The molecule has 0 bridgehead atoms. The average Bonchev–Trinajstić information content (AvgIpc) is 3.49. The SMILES string of the molecule is CC/C=C\C/C=C\C/C=C\C/C=C\CCCCCCCCC(=O)OCC(COC(=O)CCCCCCCCCCCCCCC/C=C\C/C=C\CCCCCCC)OC(=O)CCCCCCCCCCCCCCCCCCCCCCC. The van der Waals surface area contributed by atoms with Crippen LogP contribution in [0.15, 0.2) is 72.9 Å². The molecule has 1 atom stereocenters. The summed E-state index contributed by atoms with van der Waals surface area (Å²) in [4.78, 5) is 38.5. The van der Waals surface area contributed by atoms with Gasteiger partial charge < -0.3 is 14.2 Å². The number of esters is 3. The van der Waals surface area contributed by atoms with Crippen LogP contribution in [0.3, 0.4) is 0 Å². The van der Waals surface area contributed by atoms with Crippen LogP contribution in [0.2, 0.25) is 0 Å². The van der Waals surface area contributed by atoms with E-state index in [1.807, 2.05) is 0 Å². The van der Waals surface area contributed by atoms with Gasteiger partial charge in [-0.15, -0.1) is 0 Å². The molecule has 1 unspecified atom stereocenters. The van der Waals surface area contributed by atoms with Gasteiger partial charge in [-0.25, -0.2) is 0 Å². The van der Waals surface area contributed by atoms with Gasteiger partial charge in [-0.1, -0.05) is 344 Å². The van der Waals surface area contributed by atoms with E-state index >= 15 is 0 Å². The molecule has 0 rings (SSSR count).